The van der Waals surface area contributed by atoms with Gasteiger partial charge in [0.05, 0.1) is 11.6 Å². The van der Waals surface area contributed by atoms with Gasteiger partial charge in [0.1, 0.15) is 17.3 Å². The number of hydrogen-bond donors (Lipinski definition) is 1. The number of benzene rings is 2. The first-order chi connectivity index (χ1) is 9.19. The Balaban J connectivity index is 2.61. The van der Waals surface area contributed by atoms with E-state index in [1.165, 1.54) is 7.11 Å². The van der Waals surface area contributed by atoms with Crippen molar-refractivity contribution < 1.29 is 14.3 Å². The molecule has 0 aliphatic heterocycles. The molecule has 2 aromatic carbocycles. The highest BCUT2D eigenvalue weighted by Gasteiger charge is 2.17. The van der Waals surface area contributed by atoms with E-state index in [2.05, 4.69) is 21.1 Å². The lowest BCUT2D eigenvalue weighted by Gasteiger charge is -2.11. The summed E-state index contributed by atoms with van der Waals surface area (Å²) in [6, 6.07) is 11.8. The van der Waals surface area contributed by atoms with Crippen molar-refractivity contribution >= 4 is 21.6 Å². The normalized spacial score (nSPS) is 11.4. The smallest absolute Gasteiger partial charge is 0.146 e. The van der Waals surface area contributed by atoms with Crippen LogP contribution in [-0.2, 0) is 0 Å². The molecule has 0 aliphatic rings. The van der Waals surface area contributed by atoms with Crippen LogP contribution in [0.5, 0.6) is 5.75 Å². The largest absolute Gasteiger partial charge is 0.496 e. The minimum Gasteiger partial charge on any atom is -0.496 e. The maximum absolute atomic E-state index is 14.1. The van der Waals surface area contributed by atoms with Crippen LogP contribution in [0, 0.1) is 5.82 Å². The second-order valence-corrected chi connectivity index (χ2v) is 4.60. The van der Waals surface area contributed by atoms with Crippen molar-refractivity contribution in [1.29, 1.82) is 0 Å². The summed E-state index contributed by atoms with van der Waals surface area (Å²) < 4.78 is 19.6. The van der Waals surface area contributed by atoms with Gasteiger partial charge in [-0.15, -0.1) is 0 Å². The van der Waals surface area contributed by atoms with Gasteiger partial charge in [0, 0.05) is 11.1 Å². The first kappa shape index (κ1) is 13.5. The van der Waals surface area contributed by atoms with Crippen molar-refractivity contribution in [3.05, 3.63) is 63.9 Å². The quantitative estimate of drug-likeness (QED) is 0.530. The highest BCUT2D eigenvalue weighted by atomic mass is 79.9. The fourth-order valence-corrected chi connectivity index (χ4v) is 2.15. The average molecular weight is 324 g/mol. The Labute approximate surface area is 118 Å². The summed E-state index contributed by atoms with van der Waals surface area (Å²) in [5.41, 5.74) is 0.835. The van der Waals surface area contributed by atoms with Crippen molar-refractivity contribution in [3.63, 3.8) is 0 Å². The molecule has 0 unspecified atom stereocenters. The summed E-state index contributed by atoms with van der Waals surface area (Å²) in [4.78, 5) is 0. The summed E-state index contributed by atoms with van der Waals surface area (Å²) in [5, 5.41) is 12.4. The van der Waals surface area contributed by atoms with Gasteiger partial charge in [-0.1, -0.05) is 23.4 Å². The fraction of sp³-hybridized carbons (Fsp3) is 0.0714. The summed E-state index contributed by atoms with van der Waals surface area (Å²) in [5.74, 6) is 0.0240. The molecule has 3 nitrogen and oxygen atoms in total. The summed E-state index contributed by atoms with van der Waals surface area (Å²) >= 11 is 3.11. The molecule has 0 heterocycles. The zero-order valence-corrected chi connectivity index (χ0v) is 11.7. The van der Waals surface area contributed by atoms with Gasteiger partial charge >= 0.3 is 0 Å². The van der Waals surface area contributed by atoms with Gasteiger partial charge in [-0.2, -0.15) is 0 Å². The predicted molar refractivity (Wildman–Crippen MR) is 74.5 cm³/mol. The minimum atomic E-state index is -0.485. The molecule has 0 amide bonds. The topological polar surface area (TPSA) is 41.8 Å². The number of hydrogen-bond acceptors (Lipinski definition) is 3. The van der Waals surface area contributed by atoms with Crippen LogP contribution in [0.3, 0.4) is 0 Å². The molecule has 2 rings (SSSR count). The Kier molecular flexibility index (Phi) is 4.16. The first-order valence-corrected chi connectivity index (χ1v) is 6.28. The zero-order chi connectivity index (χ0) is 13.8. The van der Waals surface area contributed by atoms with E-state index in [4.69, 9.17) is 4.74 Å². The number of methoxy groups -OCH3 is 1. The van der Waals surface area contributed by atoms with Gasteiger partial charge in [-0.25, -0.2) is 4.39 Å². The van der Waals surface area contributed by atoms with Crippen molar-refractivity contribution in [2.45, 2.75) is 0 Å². The fourth-order valence-electron chi connectivity index (χ4n) is 1.78. The molecule has 0 saturated carbocycles. The lowest BCUT2D eigenvalue weighted by atomic mass is 10.0. The van der Waals surface area contributed by atoms with Crippen molar-refractivity contribution in [2.75, 3.05) is 7.11 Å². The molecule has 5 heteroatoms. The Morgan fingerprint density at radius 3 is 2.53 bits per heavy atom. The van der Waals surface area contributed by atoms with Crippen LogP contribution in [0.1, 0.15) is 11.1 Å². The summed E-state index contributed by atoms with van der Waals surface area (Å²) in [7, 11) is 1.51. The van der Waals surface area contributed by atoms with Gasteiger partial charge in [0.15, 0.2) is 0 Å². The van der Waals surface area contributed by atoms with Crippen LogP contribution >= 0.6 is 15.9 Å². The molecular weight excluding hydrogens is 313 g/mol. The molecule has 2 aromatic rings. The van der Waals surface area contributed by atoms with Crippen molar-refractivity contribution in [1.82, 2.24) is 0 Å². The molecule has 0 saturated heterocycles. The third-order valence-corrected chi connectivity index (χ3v) is 3.28. The molecule has 0 radical (unpaired) electrons. The van der Waals surface area contributed by atoms with Crippen LogP contribution in [-0.4, -0.2) is 18.0 Å². The number of para-hydroxylation sites is 1. The maximum Gasteiger partial charge on any atom is 0.146 e. The number of ether oxygens (including phenoxy) is 1. The van der Waals surface area contributed by atoms with Crippen LogP contribution in [0.15, 0.2) is 52.1 Å². The molecule has 98 valence electrons. The van der Waals surface area contributed by atoms with Gasteiger partial charge in [-0.3, -0.25) is 0 Å². The van der Waals surface area contributed by atoms with Gasteiger partial charge < -0.3 is 9.94 Å². The Morgan fingerprint density at radius 1 is 1.16 bits per heavy atom. The second kappa shape index (κ2) is 5.84. The van der Waals surface area contributed by atoms with E-state index in [9.17, 15) is 9.60 Å². The highest BCUT2D eigenvalue weighted by molar-refractivity contribution is 9.10. The second-order valence-electron chi connectivity index (χ2n) is 3.75. The van der Waals surface area contributed by atoms with E-state index in [0.29, 0.717) is 15.8 Å². The van der Waals surface area contributed by atoms with E-state index in [1.807, 2.05) is 0 Å². The standard InChI is InChI=1S/C14H11BrFNO2/c1-19-12-8-3-2-5-9(12)14(17-18)10-6-4-7-11(15)13(10)16/h2-8,18H,1H3/b17-14+. The van der Waals surface area contributed by atoms with Gasteiger partial charge in [0.25, 0.3) is 0 Å². The number of halogens is 2. The lowest BCUT2D eigenvalue weighted by Crippen LogP contribution is -2.08. The van der Waals surface area contributed by atoms with Crippen LogP contribution in [0.2, 0.25) is 0 Å². The van der Waals surface area contributed by atoms with Crippen LogP contribution in [0.4, 0.5) is 4.39 Å². The SMILES string of the molecule is COc1ccccc1/C(=N\O)c1cccc(Br)c1F. The number of rotatable bonds is 3. The third-order valence-electron chi connectivity index (χ3n) is 2.67. The third kappa shape index (κ3) is 2.61. The summed E-state index contributed by atoms with van der Waals surface area (Å²) in [6.07, 6.45) is 0. The van der Waals surface area contributed by atoms with E-state index in [0.717, 1.165) is 0 Å². The molecular formula is C14H11BrFNO2. The number of oxime groups is 1. The predicted octanol–water partition coefficient (Wildman–Crippen LogP) is 3.82. The summed E-state index contributed by atoms with van der Waals surface area (Å²) in [6.45, 7) is 0. The molecule has 0 aromatic heterocycles. The Morgan fingerprint density at radius 2 is 1.84 bits per heavy atom. The maximum atomic E-state index is 14.1. The van der Waals surface area contributed by atoms with Gasteiger partial charge in [0.2, 0.25) is 0 Å². The number of nitrogens with zero attached hydrogens (tertiary/aromatic N) is 1. The van der Waals surface area contributed by atoms with Crippen LogP contribution in [0.25, 0.3) is 0 Å². The monoisotopic (exact) mass is 323 g/mol. The molecule has 1 N–H and O–H groups in total. The van der Waals surface area contributed by atoms with E-state index in [1.54, 1.807) is 42.5 Å². The zero-order valence-electron chi connectivity index (χ0n) is 10.1. The Hall–Kier alpha value is -1.88. The molecule has 0 bridgehead atoms. The lowest BCUT2D eigenvalue weighted by molar-refractivity contribution is 0.319. The average Bonchev–Trinajstić information content (AvgIpc) is 2.45. The van der Waals surface area contributed by atoms with E-state index in [-0.39, 0.29) is 11.3 Å². The Bertz CT molecular complexity index is 629. The first-order valence-electron chi connectivity index (χ1n) is 5.49. The molecule has 19 heavy (non-hydrogen) atoms. The van der Waals surface area contributed by atoms with E-state index < -0.39 is 5.82 Å². The minimum absolute atomic E-state index is 0.122. The van der Waals surface area contributed by atoms with Crippen LogP contribution < -0.4 is 4.74 Å². The molecule has 0 spiro atoms. The molecule has 0 fully saturated rings. The van der Waals surface area contributed by atoms with Crippen molar-refractivity contribution in [2.24, 2.45) is 5.16 Å². The molecule has 0 aliphatic carbocycles. The van der Waals surface area contributed by atoms with Gasteiger partial charge in [-0.05, 0) is 40.2 Å². The molecule has 0 atom stereocenters. The highest BCUT2D eigenvalue weighted by Crippen LogP contribution is 2.26. The van der Waals surface area contributed by atoms with E-state index >= 15 is 0 Å². The van der Waals surface area contributed by atoms with Crippen molar-refractivity contribution in [3.8, 4) is 5.75 Å².